The average molecular weight is 306 g/mol. The third-order valence-corrected chi connectivity index (χ3v) is 4.23. The van der Waals surface area contributed by atoms with Gasteiger partial charge in [-0.3, -0.25) is 10.1 Å². The molecule has 0 bridgehead atoms. The number of nitrogens with zero attached hydrogens (tertiary/aromatic N) is 4. The molecular weight excluding hydrogens is 292 g/mol. The first-order chi connectivity index (χ1) is 11.2. The van der Waals surface area contributed by atoms with Crippen molar-refractivity contribution in [2.45, 2.75) is 13.0 Å². The summed E-state index contributed by atoms with van der Waals surface area (Å²) >= 11 is 0. The maximum absolute atomic E-state index is 11.0. The van der Waals surface area contributed by atoms with E-state index in [0.717, 1.165) is 35.2 Å². The van der Waals surface area contributed by atoms with Crippen molar-refractivity contribution in [2.75, 3.05) is 11.4 Å². The van der Waals surface area contributed by atoms with E-state index < -0.39 is 0 Å². The van der Waals surface area contributed by atoms with Crippen LogP contribution in [0.4, 0.5) is 11.5 Å². The highest BCUT2D eigenvalue weighted by atomic mass is 16.6. The first kappa shape index (κ1) is 13.6. The van der Waals surface area contributed by atoms with E-state index in [1.807, 2.05) is 30.3 Å². The Morgan fingerprint density at radius 2 is 1.96 bits per heavy atom. The van der Waals surface area contributed by atoms with Gasteiger partial charge in [-0.2, -0.15) is 0 Å². The van der Waals surface area contributed by atoms with Crippen LogP contribution in [0, 0.1) is 10.1 Å². The number of aromatic nitrogens is 2. The third-order valence-electron chi connectivity index (χ3n) is 4.23. The molecule has 23 heavy (non-hydrogen) atoms. The van der Waals surface area contributed by atoms with Gasteiger partial charge in [-0.25, -0.2) is 9.97 Å². The number of nitro groups is 1. The van der Waals surface area contributed by atoms with E-state index in [1.165, 1.54) is 5.56 Å². The van der Waals surface area contributed by atoms with Crippen LogP contribution in [-0.2, 0) is 13.0 Å². The molecule has 0 spiro atoms. The van der Waals surface area contributed by atoms with Crippen LogP contribution in [0.3, 0.4) is 0 Å². The van der Waals surface area contributed by atoms with Crippen LogP contribution in [0.1, 0.15) is 11.1 Å². The maximum atomic E-state index is 11.0. The normalized spacial score (nSPS) is 13.8. The van der Waals surface area contributed by atoms with E-state index in [0.29, 0.717) is 6.54 Å². The summed E-state index contributed by atoms with van der Waals surface area (Å²) in [6, 6.07) is 13.0. The van der Waals surface area contributed by atoms with Crippen molar-refractivity contribution >= 4 is 22.4 Å². The van der Waals surface area contributed by atoms with Gasteiger partial charge >= 0.3 is 0 Å². The molecule has 0 aliphatic carbocycles. The van der Waals surface area contributed by atoms with E-state index in [9.17, 15) is 10.1 Å². The van der Waals surface area contributed by atoms with Crippen molar-refractivity contribution < 1.29 is 4.92 Å². The van der Waals surface area contributed by atoms with E-state index in [4.69, 9.17) is 0 Å². The topological polar surface area (TPSA) is 72.2 Å². The highest BCUT2D eigenvalue weighted by Crippen LogP contribution is 2.29. The zero-order valence-electron chi connectivity index (χ0n) is 12.3. The summed E-state index contributed by atoms with van der Waals surface area (Å²) in [7, 11) is 0. The number of fused-ring (bicyclic) bond motifs is 2. The Bertz CT molecular complexity index is 905. The van der Waals surface area contributed by atoms with Gasteiger partial charge < -0.3 is 4.90 Å². The summed E-state index contributed by atoms with van der Waals surface area (Å²) < 4.78 is 0. The lowest BCUT2D eigenvalue weighted by molar-refractivity contribution is -0.384. The van der Waals surface area contributed by atoms with Crippen LogP contribution in [0.25, 0.3) is 10.9 Å². The van der Waals surface area contributed by atoms with Crippen molar-refractivity contribution in [1.29, 1.82) is 0 Å². The fraction of sp³-hybridized carbons (Fsp3) is 0.176. The Morgan fingerprint density at radius 1 is 1.09 bits per heavy atom. The van der Waals surface area contributed by atoms with Crippen molar-refractivity contribution in [3.05, 3.63) is 70.0 Å². The number of para-hydroxylation sites is 1. The second-order valence-corrected chi connectivity index (χ2v) is 5.60. The second kappa shape index (κ2) is 5.31. The minimum Gasteiger partial charge on any atom is -0.351 e. The Morgan fingerprint density at radius 3 is 2.83 bits per heavy atom. The maximum Gasteiger partial charge on any atom is 0.269 e. The number of benzene rings is 2. The quantitative estimate of drug-likeness (QED) is 0.537. The summed E-state index contributed by atoms with van der Waals surface area (Å²) in [5.74, 6) is 0.882. The smallest absolute Gasteiger partial charge is 0.269 e. The van der Waals surface area contributed by atoms with Crippen molar-refractivity contribution in [3.8, 4) is 0 Å². The molecule has 6 heteroatoms. The van der Waals surface area contributed by atoms with Gasteiger partial charge in [0.2, 0.25) is 0 Å². The standard InChI is InChI=1S/C17H14N4O2/c22-21(23)14-6-5-12-7-8-20(10-13(12)9-14)17-15-3-1-2-4-16(15)18-11-19-17/h1-6,9,11H,7-8,10H2. The zero-order valence-corrected chi connectivity index (χ0v) is 12.3. The van der Waals surface area contributed by atoms with E-state index in [2.05, 4.69) is 14.9 Å². The Hall–Kier alpha value is -3.02. The molecule has 2 aromatic carbocycles. The van der Waals surface area contributed by atoms with Crippen molar-refractivity contribution in [2.24, 2.45) is 0 Å². The van der Waals surface area contributed by atoms with Crippen LogP contribution in [0.15, 0.2) is 48.8 Å². The van der Waals surface area contributed by atoms with E-state index in [-0.39, 0.29) is 10.6 Å². The Labute approximate surface area is 132 Å². The predicted molar refractivity (Wildman–Crippen MR) is 87.4 cm³/mol. The van der Waals surface area contributed by atoms with Gasteiger partial charge in [-0.1, -0.05) is 18.2 Å². The summed E-state index contributed by atoms with van der Waals surface area (Å²) in [6.45, 7) is 1.46. The zero-order chi connectivity index (χ0) is 15.8. The summed E-state index contributed by atoms with van der Waals surface area (Å²) in [4.78, 5) is 21.5. The lowest BCUT2D eigenvalue weighted by atomic mass is 9.99. The number of anilines is 1. The molecule has 114 valence electrons. The monoisotopic (exact) mass is 306 g/mol. The largest absolute Gasteiger partial charge is 0.351 e. The molecule has 3 aromatic rings. The molecule has 0 fully saturated rings. The fourth-order valence-electron chi connectivity index (χ4n) is 3.08. The van der Waals surface area contributed by atoms with Crippen molar-refractivity contribution in [1.82, 2.24) is 9.97 Å². The molecular formula is C17H14N4O2. The minimum absolute atomic E-state index is 0.137. The van der Waals surface area contributed by atoms with Crippen LogP contribution in [0.5, 0.6) is 0 Å². The molecule has 0 unspecified atom stereocenters. The van der Waals surface area contributed by atoms with E-state index in [1.54, 1.807) is 18.5 Å². The molecule has 1 aliphatic heterocycles. The number of hydrogen-bond donors (Lipinski definition) is 0. The van der Waals surface area contributed by atoms with E-state index >= 15 is 0 Å². The van der Waals surface area contributed by atoms with Crippen molar-refractivity contribution in [3.63, 3.8) is 0 Å². The molecule has 0 saturated heterocycles. The summed E-state index contributed by atoms with van der Waals surface area (Å²) in [5.41, 5.74) is 3.21. The van der Waals surface area contributed by atoms with Crippen LogP contribution in [0.2, 0.25) is 0 Å². The Kier molecular flexibility index (Phi) is 3.15. The highest BCUT2D eigenvalue weighted by molar-refractivity contribution is 5.89. The predicted octanol–water partition coefficient (Wildman–Crippen LogP) is 3.10. The molecule has 4 rings (SSSR count). The Balaban J connectivity index is 1.74. The number of rotatable bonds is 2. The lowest BCUT2D eigenvalue weighted by Crippen LogP contribution is -2.31. The number of hydrogen-bond acceptors (Lipinski definition) is 5. The number of non-ortho nitro benzene ring substituents is 1. The second-order valence-electron chi connectivity index (χ2n) is 5.60. The highest BCUT2D eigenvalue weighted by Gasteiger charge is 2.21. The van der Waals surface area contributed by atoms with Gasteiger partial charge in [0.05, 0.1) is 10.4 Å². The molecule has 6 nitrogen and oxygen atoms in total. The SMILES string of the molecule is O=[N+]([O-])c1ccc2c(c1)CN(c1ncnc3ccccc13)CC2. The molecule has 0 saturated carbocycles. The van der Waals surface area contributed by atoms with Crippen LogP contribution < -0.4 is 4.90 Å². The summed E-state index contributed by atoms with van der Waals surface area (Å²) in [6.07, 6.45) is 2.42. The van der Waals surface area contributed by atoms with Gasteiger partial charge in [0.25, 0.3) is 5.69 Å². The molecule has 0 N–H and O–H groups in total. The van der Waals surface area contributed by atoms with Gasteiger partial charge in [0.1, 0.15) is 12.1 Å². The minimum atomic E-state index is -0.348. The molecule has 0 radical (unpaired) electrons. The summed E-state index contributed by atoms with van der Waals surface area (Å²) in [5, 5.41) is 12.0. The average Bonchev–Trinajstić information content (AvgIpc) is 2.60. The molecule has 1 aromatic heterocycles. The molecule has 2 heterocycles. The van der Waals surface area contributed by atoms with Crippen LogP contribution >= 0.6 is 0 Å². The van der Waals surface area contributed by atoms with Crippen LogP contribution in [-0.4, -0.2) is 21.4 Å². The third kappa shape index (κ3) is 2.38. The fourth-order valence-corrected chi connectivity index (χ4v) is 3.08. The molecule has 0 amide bonds. The van der Waals surface area contributed by atoms with Gasteiger partial charge in [-0.05, 0) is 29.7 Å². The molecule has 0 atom stereocenters. The number of nitro benzene ring substituents is 1. The van der Waals surface area contributed by atoms with Gasteiger partial charge in [0, 0.05) is 30.6 Å². The first-order valence-corrected chi connectivity index (χ1v) is 7.43. The lowest BCUT2D eigenvalue weighted by Gasteiger charge is -2.30. The van der Waals surface area contributed by atoms with Gasteiger partial charge in [0.15, 0.2) is 0 Å². The first-order valence-electron chi connectivity index (χ1n) is 7.43. The van der Waals surface area contributed by atoms with Gasteiger partial charge in [-0.15, -0.1) is 0 Å². The molecule has 1 aliphatic rings.